The van der Waals surface area contributed by atoms with Crippen LogP contribution in [0.5, 0.6) is 0 Å². The summed E-state index contributed by atoms with van der Waals surface area (Å²) in [4.78, 5) is 11.3. The molecule has 2 N–H and O–H groups in total. The number of nitrogens with zero attached hydrogens (tertiary/aromatic N) is 3. The van der Waals surface area contributed by atoms with E-state index in [0.717, 1.165) is 24.6 Å². The first-order valence-electron chi connectivity index (χ1n) is 7.03. The topological polar surface area (TPSA) is 55.0 Å². The first-order valence-corrected chi connectivity index (χ1v) is 7.03. The molecular weight excluding hydrogens is 224 g/mol. The molecule has 0 spiro atoms. The van der Waals surface area contributed by atoms with E-state index >= 15 is 0 Å². The van der Waals surface area contributed by atoms with Crippen LogP contribution in [-0.4, -0.2) is 27.5 Å². The van der Waals surface area contributed by atoms with Gasteiger partial charge in [0.1, 0.15) is 11.6 Å². The molecule has 0 atom stereocenters. The Kier molecular flexibility index (Phi) is 4.53. The van der Waals surface area contributed by atoms with Crippen molar-refractivity contribution in [1.29, 1.82) is 0 Å². The highest BCUT2D eigenvalue weighted by atomic mass is 15.2. The first-order chi connectivity index (χ1) is 8.69. The van der Waals surface area contributed by atoms with E-state index in [2.05, 4.69) is 21.8 Å². The zero-order valence-electron chi connectivity index (χ0n) is 11.5. The average Bonchev–Trinajstić information content (AvgIpc) is 2.36. The van der Waals surface area contributed by atoms with Gasteiger partial charge in [-0.3, -0.25) is 4.90 Å². The van der Waals surface area contributed by atoms with Crippen molar-refractivity contribution in [3.63, 3.8) is 0 Å². The predicted molar refractivity (Wildman–Crippen MR) is 74.1 cm³/mol. The second-order valence-electron chi connectivity index (χ2n) is 5.21. The maximum Gasteiger partial charge on any atom is 0.144 e. The van der Waals surface area contributed by atoms with Crippen molar-refractivity contribution in [2.75, 3.05) is 12.3 Å². The van der Waals surface area contributed by atoms with Crippen molar-refractivity contribution in [1.82, 2.24) is 14.9 Å². The minimum Gasteiger partial charge on any atom is -0.384 e. The Hall–Kier alpha value is -1.16. The summed E-state index contributed by atoms with van der Waals surface area (Å²) in [5.41, 5.74) is 6.74. The van der Waals surface area contributed by atoms with Gasteiger partial charge in [-0.05, 0) is 26.3 Å². The second kappa shape index (κ2) is 6.14. The summed E-state index contributed by atoms with van der Waals surface area (Å²) >= 11 is 0. The quantitative estimate of drug-likeness (QED) is 0.889. The third-order valence-electron chi connectivity index (χ3n) is 3.76. The fourth-order valence-electron chi connectivity index (χ4n) is 2.85. The molecule has 0 aromatic carbocycles. The lowest BCUT2D eigenvalue weighted by atomic mass is 9.94. The highest BCUT2D eigenvalue weighted by Gasteiger charge is 2.20. The zero-order chi connectivity index (χ0) is 13.0. The molecule has 1 aromatic heterocycles. The average molecular weight is 248 g/mol. The Morgan fingerprint density at radius 3 is 2.61 bits per heavy atom. The minimum absolute atomic E-state index is 0.581. The van der Waals surface area contributed by atoms with Crippen LogP contribution in [0.25, 0.3) is 0 Å². The van der Waals surface area contributed by atoms with Crippen LogP contribution in [0.1, 0.15) is 50.5 Å². The molecule has 1 saturated carbocycles. The molecule has 0 amide bonds. The van der Waals surface area contributed by atoms with E-state index in [4.69, 9.17) is 5.73 Å². The molecule has 1 heterocycles. The number of hydrogen-bond donors (Lipinski definition) is 1. The van der Waals surface area contributed by atoms with Crippen molar-refractivity contribution in [3.05, 3.63) is 17.6 Å². The van der Waals surface area contributed by atoms with Crippen LogP contribution < -0.4 is 5.73 Å². The zero-order valence-corrected chi connectivity index (χ0v) is 11.5. The van der Waals surface area contributed by atoms with Gasteiger partial charge < -0.3 is 5.73 Å². The van der Waals surface area contributed by atoms with E-state index in [0.29, 0.717) is 11.9 Å². The Morgan fingerprint density at radius 1 is 1.28 bits per heavy atom. The SMILES string of the molecule is CCN(Cc1nc(C)cc(N)n1)C1CCCCC1. The molecule has 1 fully saturated rings. The van der Waals surface area contributed by atoms with Crippen LogP contribution in [-0.2, 0) is 6.54 Å². The summed E-state index contributed by atoms with van der Waals surface area (Å²) in [6.07, 6.45) is 6.74. The Bertz CT molecular complexity index is 365. The summed E-state index contributed by atoms with van der Waals surface area (Å²) in [5, 5.41) is 0. The monoisotopic (exact) mass is 248 g/mol. The molecule has 4 heteroatoms. The number of hydrogen-bond acceptors (Lipinski definition) is 4. The summed E-state index contributed by atoms with van der Waals surface area (Å²) in [7, 11) is 0. The molecule has 0 saturated heterocycles. The van der Waals surface area contributed by atoms with E-state index < -0.39 is 0 Å². The smallest absolute Gasteiger partial charge is 0.144 e. The van der Waals surface area contributed by atoms with Crippen molar-refractivity contribution >= 4 is 5.82 Å². The van der Waals surface area contributed by atoms with Gasteiger partial charge in [-0.15, -0.1) is 0 Å². The number of aryl methyl sites for hydroxylation is 1. The van der Waals surface area contributed by atoms with Gasteiger partial charge in [-0.25, -0.2) is 9.97 Å². The molecule has 18 heavy (non-hydrogen) atoms. The summed E-state index contributed by atoms with van der Waals surface area (Å²) in [6, 6.07) is 2.52. The highest BCUT2D eigenvalue weighted by Crippen LogP contribution is 2.23. The van der Waals surface area contributed by atoms with Gasteiger partial charge in [-0.1, -0.05) is 26.2 Å². The molecule has 1 aliphatic rings. The molecule has 0 radical (unpaired) electrons. The third kappa shape index (κ3) is 3.42. The number of nitrogens with two attached hydrogens (primary N) is 1. The van der Waals surface area contributed by atoms with Gasteiger partial charge in [0, 0.05) is 17.8 Å². The summed E-state index contributed by atoms with van der Waals surface area (Å²) < 4.78 is 0. The minimum atomic E-state index is 0.581. The Labute approximate surface area is 110 Å². The molecule has 0 bridgehead atoms. The lowest BCUT2D eigenvalue weighted by molar-refractivity contribution is 0.152. The van der Waals surface area contributed by atoms with Crippen LogP contribution >= 0.6 is 0 Å². The van der Waals surface area contributed by atoms with Crippen LogP contribution in [0.2, 0.25) is 0 Å². The van der Waals surface area contributed by atoms with E-state index in [-0.39, 0.29) is 0 Å². The van der Waals surface area contributed by atoms with Crippen LogP contribution in [0.3, 0.4) is 0 Å². The summed E-state index contributed by atoms with van der Waals surface area (Å²) in [5.74, 6) is 1.44. The van der Waals surface area contributed by atoms with Gasteiger partial charge in [0.15, 0.2) is 0 Å². The van der Waals surface area contributed by atoms with Crippen LogP contribution in [0.4, 0.5) is 5.82 Å². The predicted octanol–water partition coefficient (Wildman–Crippen LogP) is 2.52. The molecule has 0 aliphatic heterocycles. The lowest BCUT2D eigenvalue weighted by Gasteiger charge is -2.33. The maximum atomic E-state index is 5.79. The molecule has 1 aromatic rings. The van der Waals surface area contributed by atoms with Gasteiger partial charge >= 0.3 is 0 Å². The molecule has 4 nitrogen and oxygen atoms in total. The standard InChI is InChI=1S/C14H24N4/c1-3-18(12-7-5-4-6-8-12)10-14-16-11(2)9-13(15)17-14/h9,12H,3-8,10H2,1-2H3,(H2,15,16,17). The normalized spacial score (nSPS) is 17.3. The third-order valence-corrected chi connectivity index (χ3v) is 3.76. The van der Waals surface area contributed by atoms with Gasteiger partial charge in [-0.2, -0.15) is 0 Å². The highest BCUT2D eigenvalue weighted by molar-refractivity contribution is 5.29. The second-order valence-corrected chi connectivity index (χ2v) is 5.21. The Morgan fingerprint density at radius 2 is 2.00 bits per heavy atom. The largest absolute Gasteiger partial charge is 0.384 e. The van der Waals surface area contributed by atoms with Gasteiger partial charge in [0.2, 0.25) is 0 Å². The fourth-order valence-corrected chi connectivity index (χ4v) is 2.85. The number of nitrogen functional groups attached to an aromatic ring is 1. The van der Waals surface area contributed by atoms with Crippen LogP contribution in [0.15, 0.2) is 6.07 Å². The molecule has 0 unspecified atom stereocenters. The fraction of sp³-hybridized carbons (Fsp3) is 0.714. The van der Waals surface area contributed by atoms with E-state index in [1.807, 2.05) is 13.0 Å². The van der Waals surface area contributed by atoms with E-state index in [9.17, 15) is 0 Å². The van der Waals surface area contributed by atoms with Crippen molar-refractivity contribution < 1.29 is 0 Å². The van der Waals surface area contributed by atoms with Crippen LogP contribution in [0, 0.1) is 6.92 Å². The number of rotatable bonds is 4. The van der Waals surface area contributed by atoms with E-state index in [1.165, 1.54) is 32.1 Å². The Balaban J connectivity index is 2.04. The van der Waals surface area contributed by atoms with Gasteiger partial charge in [0.05, 0.1) is 6.54 Å². The number of aromatic nitrogens is 2. The molecule has 100 valence electrons. The molecule has 1 aliphatic carbocycles. The lowest BCUT2D eigenvalue weighted by Crippen LogP contribution is -2.36. The van der Waals surface area contributed by atoms with Gasteiger partial charge in [0.25, 0.3) is 0 Å². The maximum absolute atomic E-state index is 5.79. The molecule has 2 rings (SSSR count). The van der Waals surface area contributed by atoms with E-state index in [1.54, 1.807) is 0 Å². The van der Waals surface area contributed by atoms with Crippen molar-refractivity contribution in [3.8, 4) is 0 Å². The number of anilines is 1. The summed E-state index contributed by atoms with van der Waals surface area (Å²) in [6.45, 7) is 6.07. The first kappa shape index (κ1) is 13.3. The van der Waals surface area contributed by atoms with Crippen molar-refractivity contribution in [2.45, 2.75) is 58.5 Å². The van der Waals surface area contributed by atoms with Crippen molar-refractivity contribution in [2.24, 2.45) is 0 Å². The molecular formula is C14H24N4.